The molecule has 0 amide bonds. The number of aliphatic hydroxyl groups is 2. The van der Waals surface area contributed by atoms with Crippen molar-refractivity contribution in [1.82, 2.24) is 14.8 Å². The van der Waals surface area contributed by atoms with Gasteiger partial charge in [0.05, 0.1) is 6.54 Å². The molecule has 6 rings (SSSR count). The maximum atomic E-state index is 14.0. The highest BCUT2D eigenvalue weighted by atomic mass is 35.5. The summed E-state index contributed by atoms with van der Waals surface area (Å²) in [6.07, 6.45) is 8.44. The van der Waals surface area contributed by atoms with Gasteiger partial charge in [-0.05, 0) is 73.6 Å². The van der Waals surface area contributed by atoms with Crippen molar-refractivity contribution >= 4 is 57.7 Å². The normalized spacial score (nSPS) is 23.8. The maximum Gasteiger partial charge on any atom is 0.231 e. The lowest BCUT2D eigenvalue weighted by Crippen LogP contribution is -2.50. The van der Waals surface area contributed by atoms with E-state index in [4.69, 9.17) is 23.2 Å². The first-order chi connectivity index (χ1) is 20.9. The lowest BCUT2D eigenvalue weighted by atomic mass is 9.79. The molecule has 0 spiro atoms. The van der Waals surface area contributed by atoms with Crippen molar-refractivity contribution in [2.45, 2.75) is 62.4 Å². The average Bonchev–Trinajstić information content (AvgIpc) is 3.91. The molecular formula is C30H33Cl2F2N6O2S2+. The quantitative estimate of drug-likeness (QED) is 0.113. The molecule has 2 saturated carbocycles. The summed E-state index contributed by atoms with van der Waals surface area (Å²) in [6.45, 7) is 4.09. The van der Waals surface area contributed by atoms with Crippen molar-refractivity contribution in [2.24, 2.45) is 33.8 Å². The first kappa shape index (κ1) is 31.9. The van der Waals surface area contributed by atoms with Crippen LogP contribution in [0.3, 0.4) is 0 Å². The number of hydrogen-bond donors (Lipinski definition) is 2. The van der Waals surface area contributed by atoms with Crippen LogP contribution in [-0.4, -0.2) is 48.2 Å². The van der Waals surface area contributed by atoms with E-state index in [0.29, 0.717) is 28.1 Å². The summed E-state index contributed by atoms with van der Waals surface area (Å²) in [5.41, 5.74) is -2.00. The topological polar surface area (TPSA) is 95.9 Å². The molecule has 2 aromatic carbocycles. The van der Waals surface area contributed by atoms with Crippen LogP contribution in [0.15, 0.2) is 58.0 Å². The molecule has 0 saturated heterocycles. The van der Waals surface area contributed by atoms with E-state index in [1.165, 1.54) is 64.8 Å². The monoisotopic (exact) mass is 681 g/mol. The Kier molecular flexibility index (Phi) is 8.90. The van der Waals surface area contributed by atoms with Crippen LogP contribution in [0, 0.1) is 35.3 Å². The van der Waals surface area contributed by atoms with Crippen molar-refractivity contribution in [2.75, 3.05) is 6.54 Å². The molecule has 2 N–H and O–H groups in total. The molecule has 2 aliphatic carbocycles. The lowest BCUT2D eigenvalue weighted by molar-refractivity contribution is -0.706. The zero-order valence-corrected chi connectivity index (χ0v) is 27.3. The van der Waals surface area contributed by atoms with E-state index in [0.717, 1.165) is 25.7 Å². The van der Waals surface area contributed by atoms with E-state index >= 15 is 0 Å². The SMILES string of the molecule is CC(C1CC1)C(O)(Cn1ncnc1SS[N+]1(CC(O)(c2ccc(F)cc2Cl)C(C)C2CC2)C=NC=N1)c1ccc(F)cc1Cl. The molecule has 14 heteroatoms. The van der Waals surface area contributed by atoms with Gasteiger partial charge in [-0.25, -0.2) is 18.4 Å². The van der Waals surface area contributed by atoms with Gasteiger partial charge in [0.15, 0.2) is 23.9 Å². The average molecular weight is 683 g/mol. The summed E-state index contributed by atoms with van der Waals surface area (Å²) in [5.74, 6) is -0.704. The molecule has 2 fully saturated rings. The zero-order chi connectivity index (χ0) is 31.3. The maximum absolute atomic E-state index is 14.0. The fourth-order valence-corrected chi connectivity index (χ4v) is 9.06. The second-order valence-electron chi connectivity index (χ2n) is 12.1. The molecule has 2 heterocycles. The zero-order valence-electron chi connectivity index (χ0n) is 24.2. The van der Waals surface area contributed by atoms with Crippen molar-refractivity contribution in [3.05, 3.63) is 75.5 Å². The first-order valence-corrected chi connectivity index (χ1v) is 17.4. The van der Waals surface area contributed by atoms with Crippen LogP contribution in [-0.2, 0) is 17.7 Å². The van der Waals surface area contributed by atoms with Crippen LogP contribution >= 0.6 is 45.0 Å². The number of quaternary nitrogens is 1. The molecular weight excluding hydrogens is 649 g/mol. The predicted molar refractivity (Wildman–Crippen MR) is 170 cm³/mol. The fraction of sp³-hybridized carbons (Fsp3) is 0.467. The van der Waals surface area contributed by atoms with Gasteiger partial charge < -0.3 is 10.2 Å². The van der Waals surface area contributed by atoms with Gasteiger partial charge in [-0.3, -0.25) is 0 Å². The standard InChI is InChI=1S/C30H33Cl2F2N6O2S2/c1-18(20-3-4-20)29(41,24-9-7-22(33)11-26(24)31)13-39-28(36-16-37-39)43-44-40(17-35-15-38-40)14-30(42,19(2)21-5-6-21)25-10-8-23(34)12-27(25)32/h7-12,15-21,41-42H,3-6,13-14H2,1-2H3/q+1. The number of nitrogens with zero attached hydrogens (tertiary/aromatic N) is 6. The second-order valence-corrected chi connectivity index (χ2v) is 15.2. The van der Waals surface area contributed by atoms with Gasteiger partial charge in [0.25, 0.3) is 0 Å². The summed E-state index contributed by atoms with van der Waals surface area (Å²) < 4.78 is 29.4. The van der Waals surface area contributed by atoms with Crippen molar-refractivity contribution < 1.29 is 23.0 Å². The number of aliphatic imine (C=N–C) groups is 1. The van der Waals surface area contributed by atoms with Crippen LogP contribution in [0.2, 0.25) is 10.0 Å². The molecule has 1 aromatic heterocycles. The van der Waals surface area contributed by atoms with Crippen LogP contribution in [0.1, 0.15) is 50.7 Å². The third kappa shape index (κ3) is 6.31. The van der Waals surface area contributed by atoms with Crippen LogP contribution in [0.5, 0.6) is 0 Å². The minimum absolute atomic E-state index is 0.0457. The Hall–Kier alpha value is -2.06. The van der Waals surface area contributed by atoms with Gasteiger partial charge in [-0.1, -0.05) is 58.3 Å². The van der Waals surface area contributed by atoms with E-state index in [2.05, 4.69) is 20.2 Å². The van der Waals surface area contributed by atoms with Crippen molar-refractivity contribution in [3.8, 4) is 0 Å². The summed E-state index contributed by atoms with van der Waals surface area (Å²) >= 11 is 13.0. The minimum Gasteiger partial charge on any atom is -0.383 e. The van der Waals surface area contributed by atoms with E-state index in [1.54, 1.807) is 17.1 Å². The summed E-state index contributed by atoms with van der Waals surface area (Å²) in [7, 11) is 2.56. The Morgan fingerprint density at radius 2 is 1.52 bits per heavy atom. The fourth-order valence-electron chi connectivity index (χ4n) is 6.13. The summed E-state index contributed by atoms with van der Waals surface area (Å²) in [5, 5.41) is 34.3. The van der Waals surface area contributed by atoms with E-state index < -0.39 is 22.8 Å². The van der Waals surface area contributed by atoms with Gasteiger partial charge in [0, 0.05) is 32.0 Å². The second kappa shape index (κ2) is 12.3. The van der Waals surface area contributed by atoms with Crippen molar-refractivity contribution in [1.29, 1.82) is 0 Å². The molecule has 3 aromatic rings. The highest BCUT2D eigenvalue weighted by Crippen LogP contribution is 2.52. The Balaban J connectivity index is 1.27. The van der Waals surface area contributed by atoms with Crippen LogP contribution in [0.4, 0.5) is 8.78 Å². The van der Waals surface area contributed by atoms with Gasteiger partial charge in [-0.15, -0.1) is 0 Å². The Morgan fingerprint density at radius 3 is 2.05 bits per heavy atom. The Labute approximate surface area is 272 Å². The van der Waals surface area contributed by atoms with Gasteiger partial charge in [0.2, 0.25) is 11.5 Å². The van der Waals surface area contributed by atoms with Crippen molar-refractivity contribution in [3.63, 3.8) is 0 Å². The molecule has 234 valence electrons. The molecule has 8 nitrogen and oxygen atoms in total. The van der Waals surface area contributed by atoms with Gasteiger partial charge >= 0.3 is 0 Å². The molecule has 5 atom stereocenters. The third-order valence-corrected chi connectivity index (χ3v) is 12.4. The first-order valence-electron chi connectivity index (χ1n) is 14.5. The lowest BCUT2D eigenvalue weighted by Gasteiger charge is -2.38. The number of halogens is 4. The summed E-state index contributed by atoms with van der Waals surface area (Å²) in [6, 6.07) is 8.11. The number of benzene rings is 2. The van der Waals surface area contributed by atoms with Gasteiger partial charge in [-0.2, -0.15) is 10.1 Å². The number of hydrogen-bond acceptors (Lipinski definition) is 8. The largest absolute Gasteiger partial charge is 0.383 e. The molecule has 5 unspecified atom stereocenters. The number of rotatable bonds is 13. The predicted octanol–water partition coefficient (Wildman–Crippen LogP) is 7.19. The number of aromatic nitrogens is 3. The molecule has 0 radical (unpaired) electrons. The highest BCUT2D eigenvalue weighted by Gasteiger charge is 2.53. The smallest absolute Gasteiger partial charge is 0.231 e. The Morgan fingerprint density at radius 1 is 0.955 bits per heavy atom. The Bertz CT molecular complexity index is 1590. The molecule has 1 aliphatic heterocycles. The van der Waals surface area contributed by atoms with E-state index in [9.17, 15) is 19.0 Å². The molecule has 44 heavy (non-hydrogen) atoms. The molecule has 3 aliphatic rings. The third-order valence-electron chi connectivity index (χ3n) is 9.20. The molecule has 0 bridgehead atoms. The van der Waals surface area contributed by atoms with Crippen LogP contribution < -0.4 is 0 Å². The van der Waals surface area contributed by atoms with E-state index in [1.807, 2.05) is 13.8 Å². The summed E-state index contributed by atoms with van der Waals surface area (Å²) in [4.78, 5) is 8.70. The van der Waals surface area contributed by atoms with Gasteiger partial charge in [0.1, 0.15) is 29.2 Å². The minimum atomic E-state index is -1.44. The highest BCUT2D eigenvalue weighted by molar-refractivity contribution is 8.74. The van der Waals surface area contributed by atoms with E-state index in [-0.39, 0.29) is 39.0 Å². The van der Waals surface area contributed by atoms with Crippen LogP contribution in [0.25, 0.3) is 0 Å².